The fourth-order valence-electron chi connectivity index (χ4n) is 2.95. The van der Waals surface area contributed by atoms with Crippen LogP contribution in [0.15, 0.2) is 36.4 Å². The Morgan fingerprint density at radius 1 is 1.15 bits per heavy atom. The van der Waals surface area contributed by atoms with Crippen LogP contribution in [0.5, 0.6) is 5.75 Å². The van der Waals surface area contributed by atoms with Crippen LogP contribution in [-0.2, 0) is 11.3 Å². The van der Waals surface area contributed by atoms with Crippen molar-refractivity contribution in [2.75, 3.05) is 6.54 Å². The first-order valence-corrected chi connectivity index (χ1v) is 9.20. The van der Waals surface area contributed by atoms with E-state index >= 15 is 0 Å². The molecule has 1 saturated carbocycles. The SMILES string of the molecule is O=C(O)CCCNCc1c(F)cc(-c2cccc(OC3CCC3)c2)cc1F. The second-order valence-electron chi connectivity index (χ2n) is 6.79. The number of carbonyl (C=O) groups is 1. The molecule has 2 N–H and O–H groups in total. The average molecular weight is 375 g/mol. The van der Waals surface area contributed by atoms with Gasteiger partial charge in [-0.05, 0) is 67.6 Å². The summed E-state index contributed by atoms with van der Waals surface area (Å²) in [5.74, 6) is -1.42. The van der Waals surface area contributed by atoms with Crippen LogP contribution in [0.2, 0.25) is 0 Å². The zero-order chi connectivity index (χ0) is 19.2. The Hall–Kier alpha value is -2.47. The van der Waals surface area contributed by atoms with Gasteiger partial charge >= 0.3 is 5.97 Å². The molecule has 0 aliphatic heterocycles. The number of nitrogens with one attached hydrogen (secondary N) is 1. The van der Waals surface area contributed by atoms with Gasteiger partial charge in [0.1, 0.15) is 17.4 Å². The van der Waals surface area contributed by atoms with E-state index < -0.39 is 17.6 Å². The van der Waals surface area contributed by atoms with Gasteiger partial charge in [-0.2, -0.15) is 0 Å². The minimum atomic E-state index is -0.887. The summed E-state index contributed by atoms with van der Waals surface area (Å²) in [6, 6.07) is 9.91. The van der Waals surface area contributed by atoms with Gasteiger partial charge in [0.2, 0.25) is 0 Å². The third kappa shape index (κ3) is 5.26. The molecule has 2 aromatic carbocycles. The first-order chi connectivity index (χ1) is 13.0. The van der Waals surface area contributed by atoms with Gasteiger partial charge < -0.3 is 15.2 Å². The maximum atomic E-state index is 14.4. The first kappa shape index (κ1) is 19.3. The second kappa shape index (κ2) is 8.95. The molecule has 0 unspecified atom stereocenters. The minimum absolute atomic E-state index is 0.0163. The number of carboxylic acids is 1. The van der Waals surface area contributed by atoms with Crippen molar-refractivity contribution in [3.05, 3.63) is 53.6 Å². The smallest absolute Gasteiger partial charge is 0.303 e. The topological polar surface area (TPSA) is 58.6 Å². The summed E-state index contributed by atoms with van der Waals surface area (Å²) in [6.07, 6.45) is 3.93. The van der Waals surface area contributed by atoms with Crippen molar-refractivity contribution in [2.24, 2.45) is 0 Å². The largest absolute Gasteiger partial charge is 0.490 e. The normalized spacial score (nSPS) is 14.0. The number of hydrogen-bond donors (Lipinski definition) is 2. The number of carboxylic acid groups (broad SMARTS) is 1. The van der Waals surface area contributed by atoms with E-state index in [4.69, 9.17) is 9.84 Å². The van der Waals surface area contributed by atoms with E-state index in [1.165, 1.54) is 18.6 Å². The molecule has 3 rings (SSSR count). The number of aliphatic carboxylic acids is 1. The summed E-state index contributed by atoms with van der Waals surface area (Å²) in [5, 5.41) is 11.5. The standard InChI is InChI=1S/C21H23F2NO3/c22-19-11-15(12-20(23)18(19)13-24-9-3-8-21(25)26)14-4-1-7-17(10-14)27-16-5-2-6-16/h1,4,7,10-12,16,24H,2-3,5-6,8-9,13H2,(H,25,26). The highest BCUT2D eigenvalue weighted by molar-refractivity contribution is 5.66. The van der Waals surface area contributed by atoms with Gasteiger partial charge in [-0.1, -0.05) is 12.1 Å². The fraction of sp³-hybridized carbons (Fsp3) is 0.381. The van der Waals surface area contributed by atoms with Crippen LogP contribution >= 0.6 is 0 Å². The molecule has 4 nitrogen and oxygen atoms in total. The van der Waals surface area contributed by atoms with Crippen molar-refractivity contribution in [1.82, 2.24) is 5.32 Å². The van der Waals surface area contributed by atoms with Crippen molar-refractivity contribution in [1.29, 1.82) is 0 Å². The molecule has 2 aromatic rings. The van der Waals surface area contributed by atoms with Gasteiger partial charge in [0.15, 0.2) is 0 Å². The third-order valence-electron chi connectivity index (χ3n) is 4.71. The first-order valence-electron chi connectivity index (χ1n) is 9.20. The number of hydrogen-bond acceptors (Lipinski definition) is 3. The molecule has 0 heterocycles. The zero-order valence-electron chi connectivity index (χ0n) is 15.0. The van der Waals surface area contributed by atoms with Gasteiger partial charge in [-0.25, -0.2) is 8.78 Å². The highest BCUT2D eigenvalue weighted by atomic mass is 19.1. The summed E-state index contributed by atoms with van der Waals surface area (Å²) in [7, 11) is 0. The molecule has 27 heavy (non-hydrogen) atoms. The van der Waals surface area contributed by atoms with E-state index in [1.54, 1.807) is 12.1 Å². The van der Waals surface area contributed by atoms with E-state index in [0.29, 0.717) is 29.8 Å². The van der Waals surface area contributed by atoms with Gasteiger partial charge in [0.25, 0.3) is 0 Å². The molecule has 0 amide bonds. The summed E-state index contributed by atoms with van der Waals surface area (Å²) in [6.45, 7) is 0.399. The Morgan fingerprint density at radius 3 is 2.52 bits per heavy atom. The third-order valence-corrected chi connectivity index (χ3v) is 4.71. The summed E-state index contributed by atoms with van der Waals surface area (Å²) in [5.41, 5.74) is 1.11. The highest BCUT2D eigenvalue weighted by Crippen LogP contribution is 2.30. The lowest BCUT2D eigenvalue weighted by molar-refractivity contribution is -0.137. The zero-order valence-corrected chi connectivity index (χ0v) is 15.0. The molecule has 1 aliphatic rings. The molecule has 6 heteroatoms. The monoisotopic (exact) mass is 375 g/mol. The van der Waals surface area contributed by atoms with E-state index in [-0.39, 0.29) is 24.6 Å². The van der Waals surface area contributed by atoms with E-state index in [2.05, 4.69) is 5.32 Å². The number of rotatable bonds is 9. The number of ether oxygens (including phenoxy) is 1. The van der Waals surface area contributed by atoms with Gasteiger partial charge in [0, 0.05) is 18.5 Å². The van der Waals surface area contributed by atoms with Crippen molar-refractivity contribution in [2.45, 2.75) is 44.8 Å². The molecule has 0 atom stereocenters. The lowest BCUT2D eigenvalue weighted by Crippen LogP contribution is -2.24. The Kier molecular flexibility index (Phi) is 6.40. The maximum absolute atomic E-state index is 14.4. The molecule has 1 fully saturated rings. The van der Waals surface area contributed by atoms with Crippen LogP contribution in [0.1, 0.15) is 37.7 Å². The van der Waals surface area contributed by atoms with Crippen LogP contribution in [0.25, 0.3) is 11.1 Å². The lowest BCUT2D eigenvalue weighted by atomic mass is 9.96. The fourth-order valence-corrected chi connectivity index (χ4v) is 2.95. The number of benzene rings is 2. The molecule has 0 saturated heterocycles. The number of halogens is 2. The van der Waals surface area contributed by atoms with Gasteiger partial charge in [0.05, 0.1) is 6.10 Å². The summed E-state index contributed by atoms with van der Waals surface area (Å²) in [4.78, 5) is 10.5. The average Bonchev–Trinajstić information content (AvgIpc) is 2.60. The lowest BCUT2D eigenvalue weighted by Gasteiger charge is -2.26. The summed E-state index contributed by atoms with van der Waals surface area (Å²) < 4.78 is 34.7. The molecule has 1 aliphatic carbocycles. The molecular weight excluding hydrogens is 352 g/mol. The molecule has 144 valence electrons. The molecular formula is C21H23F2NO3. The Morgan fingerprint density at radius 2 is 1.89 bits per heavy atom. The predicted octanol–water partition coefficient (Wildman–Crippen LogP) is 4.52. The predicted molar refractivity (Wildman–Crippen MR) is 98.6 cm³/mol. The molecule has 0 bridgehead atoms. The van der Waals surface area contributed by atoms with E-state index in [9.17, 15) is 13.6 Å². The van der Waals surface area contributed by atoms with E-state index in [0.717, 1.165) is 12.8 Å². The molecule has 0 radical (unpaired) electrons. The maximum Gasteiger partial charge on any atom is 0.303 e. The van der Waals surface area contributed by atoms with Crippen molar-refractivity contribution in [3.8, 4) is 16.9 Å². The van der Waals surface area contributed by atoms with Crippen molar-refractivity contribution < 1.29 is 23.4 Å². The molecule has 0 spiro atoms. The van der Waals surface area contributed by atoms with Crippen LogP contribution in [0.4, 0.5) is 8.78 Å². The van der Waals surface area contributed by atoms with Crippen LogP contribution in [-0.4, -0.2) is 23.7 Å². The van der Waals surface area contributed by atoms with Crippen LogP contribution in [0.3, 0.4) is 0 Å². The van der Waals surface area contributed by atoms with Crippen LogP contribution in [0, 0.1) is 11.6 Å². The van der Waals surface area contributed by atoms with Gasteiger partial charge in [-0.15, -0.1) is 0 Å². The van der Waals surface area contributed by atoms with Crippen LogP contribution < -0.4 is 10.1 Å². The Balaban J connectivity index is 1.66. The van der Waals surface area contributed by atoms with Gasteiger partial charge in [-0.3, -0.25) is 4.79 Å². The summed E-state index contributed by atoms with van der Waals surface area (Å²) >= 11 is 0. The van der Waals surface area contributed by atoms with Crippen molar-refractivity contribution in [3.63, 3.8) is 0 Å². The Bertz CT molecular complexity index is 783. The highest BCUT2D eigenvalue weighted by Gasteiger charge is 2.19. The quantitative estimate of drug-likeness (QED) is 0.633. The van der Waals surface area contributed by atoms with Crippen molar-refractivity contribution >= 4 is 5.97 Å². The molecule has 0 aromatic heterocycles. The minimum Gasteiger partial charge on any atom is -0.490 e. The van der Waals surface area contributed by atoms with E-state index in [1.807, 2.05) is 12.1 Å². The second-order valence-corrected chi connectivity index (χ2v) is 6.79. The Labute approximate surface area is 157 Å².